The van der Waals surface area contributed by atoms with E-state index in [4.69, 9.17) is 16.3 Å². The van der Waals surface area contributed by atoms with E-state index in [1.807, 2.05) is 24.3 Å². The van der Waals surface area contributed by atoms with Crippen LogP contribution >= 0.6 is 11.6 Å². The van der Waals surface area contributed by atoms with Gasteiger partial charge in [0.25, 0.3) is 5.91 Å². The molecule has 23 heavy (non-hydrogen) atoms. The van der Waals surface area contributed by atoms with Crippen LogP contribution in [-0.4, -0.2) is 12.5 Å². The first-order valence-corrected chi connectivity index (χ1v) is 7.85. The molecule has 5 heteroatoms. The van der Waals surface area contributed by atoms with Gasteiger partial charge in [0.05, 0.1) is 5.02 Å². The van der Waals surface area contributed by atoms with Gasteiger partial charge in [-0.2, -0.15) is 0 Å². The second kappa shape index (κ2) is 7.97. The molecule has 2 aromatic carbocycles. The van der Waals surface area contributed by atoms with Gasteiger partial charge in [0, 0.05) is 11.8 Å². The number of anilines is 1. The Kier molecular flexibility index (Phi) is 5.99. The summed E-state index contributed by atoms with van der Waals surface area (Å²) in [4.78, 5) is 12.1. The van der Waals surface area contributed by atoms with Crippen LogP contribution in [0.5, 0.6) is 5.75 Å². The highest BCUT2D eigenvalue weighted by Crippen LogP contribution is 2.26. The molecular weight excluding hydrogens is 317 g/mol. The molecule has 1 N–H and O–H groups in total. The predicted octanol–water partition coefficient (Wildman–Crippen LogP) is 5.01. The summed E-state index contributed by atoms with van der Waals surface area (Å²) in [6.45, 7) is 4.05. The number of rotatable bonds is 6. The van der Waals surface area contributed by atoms with Gasteiger partial charge in [-0.15, -0.1) is 0 Å². The highest BCUT2D eigenvalue weighted by Gasteiger charge is 2.11. The molecule has 0 radical (unpaired) electrons. The van der Waals surface area contributed by atoms with Crippen molar-refractivity contribution in [2.24, 2.45) is 0 Å². The summed E-state index contributed by atoms with van der Waals surface area (Å²) in [5.41, 5.74) is 1.88. The molecule has 0 aromatic heterocycles. The van der Waals surface area contributed by atoms with Crippen LogP contribution in [0.15, 0.2) is 42.5 Å². The monoisotopic (exact) mass is 335 g/mol. The number of amides is 1. The summed E-state index contributed by atoms with van der Waals surface area (Å²) in [6, 6.07) is 11.7. The van der Waals surface area contributed by atoms with Crippen LogP contribution in [0.25, 0.3) is 0 Å². The lowest BCUT2D eigenvalue weighted by atomic mass is 9.97. The number of nitrogens with one attached hydrogen (secondary N) is 1. The molecule has 122 valence electrons. The molecule has 0 aliphatic heterocycles. The van der Waals surface area contributed by atoms with Gasteiger partial charge in [-0.1, -0.05) is 43.6 Å². The van der Waals surface area contributed by atoms with Crippen molar-refractivity contribution < 1.29 is 13.9 Å². The van der Waals surface area contributed by atoms with Gasteiger partial charge in [-0.3, -0.25) is 4.79 Å². The average Bonchev–Trinajstić information content (AvgIpc) is 2.55. The van der Waals surface area contributed by atoms with E-state index in [2.05, 4.69) is 19.2 Å². The minimum atomic E-state index is -0.522. The minimum absolute atomic E-state index is 0.0370. The highest BCUT2D eigenvalue weighted by molar-refractivity contribution is 6.30. The van der Waals surface area contributed by atoms with Crippen molar-refractivity contribution in [3.63, 3.8) is 0 Å². The molecule has 0 unspecified atom stereocenters. The first kappa shape index (κ1) is 17.3. The second-order valence-corrected chi connectivity index (χ2v) is 5.72. The Labute approximate surface area is 140 Å². The zero-order valence-corrected chi connectivity index (χ0v) is 13.9. The minimum Gasteiger partial charge on any atom is -0.484 e. The van der Waals surface area contributed by atoms with E-state index in [0.29, 0.717) is 11.7 Å². The lowest BCUT2D eigenvalue weighted by Crippen LogP contribution is -2.21. The topological polar surface area (TPSA) is 38.3 Å². The van der Waals surface area contributed by atoms with Crippen LogP contribution in [0.3, 0.4) is 0 Å². The predicted molar refractivity (Wildman–Crippen MR) is 90.7 cm³/mol. The molecule has 0 bridgehead atoms. The maximum Gasteiger partial charge on any atom is 0.262 e. The molecule has 3 nitrogen and oxygen atoms in total. The Morgan fingerprint density at radius 2 is 2.04 bits per heavy atom. The summed E-state index contributed by atoms with van der Waals surface area (Å²) < 4.78 is 18.4. The molecule has 0 saturated carbocycles. The summed E-state index contributed by atoms with van der Waals surface area (Å²) in [6.07, 6.45) is 0.984. The van der Waals surface area contributed by atoms with Crippen molar-refractivity contribution in [3.05, 3.63) is 58.9 Å². The van der Waals surface area contributed by atoms with Crippen molar-refractivity contribution in [3.8, 4) is 5.75 Å². The van der Waals surface area contributed by atoms with E-state index in [1.165, 1.54) is 18.2 Å². The Morgan fingerprint density at radius 3 is 2.74 bits per heavy atom. The van der Waals surface area contributed by atoms with Gasteiger partial charge in [-0.25, -0.2) is 4.39 Å². The van der Waals surface area contributed by atoms with E-state index >= 15 is 0 Å². The fraction of sp³-hybridized carbons (Fsp3) is 0.278. The number of hydrogen-bond donors (Lipinski definition) is 1. The maximum absolute atomic E-state index is 13.1. The molecule has 1 atom stereocenters. The number of benzene rings is 2. The molecule has 0 heterocycles. The van der Waals surface area contributed by atoms with Gasteiger partial charge in [-0.05, 0) is 36.1 Å². The lowest BCUT2D eigenvalue weighted by Gasteiger charge is -2.15. The molecule has 0 aliphatic rings. The van der Waals surface area contributed by atoms with Crippen LogP contribution in [0, 0.1) is 5.82 Å². The van der Waals surface area contributed by atoms with Crippen LogP contribution in [0.2, 0.25) is 5.02 Å². The number of halogens is 2. The molecule has 0 aliphatic carbocycles. The molecule has 0 spiro atoms. The number of para-hydroxylation sites is 1. The number of carbonyl (C=O) groups is 1. The first-order chi connectivity index (χ1) is 11.0. The van der Waals surface area contributed by atoms with E-state index < -0.39 is 5.82 Å². The third-order valence-corrected chi connectivity index (χ3v) is 3.93. The third kappa shape index (κ3) is 4.70. The van der Waals surface area contributed by atoms with Gasteiger partial charge in [0.15, 0.2) is 6.61 Å². The fourth-order valence-corrected chi connectivity index (χ4v) is 2.33. The lowest BCUT2D eigenvalue weighted by molar-refractivity contribution is -0.118. The van der Waals surface area contributed by atoms with Crippen molar-refractivity contribution in [2.75, 3.05) is 11.9 Å². The summed E-state index contributed by atoms with van der Waals surface area (Å²) >= 11 is 5.67. The van der Waals surface area contributed by atoms with Crippen molar-refractivity contribution in [2.45, 2.75) is 26.2 Å². The van der Waals surface area contributed by atoms with Crippen LogP contribution in [0.1, 0.15) is 31.7 Å². The van der Waals surface area contributed by atoms with Crippen molar-refractivity contribution >= 4 is 23.2 Å². The zero-order chi connectivity index (χ0) is 16.8. The number of ether oxygens (including phenoxy) is 1. The van der Waals surface area contributed by atoms with Crippen LogP contribution < -0.4 is 10.1 Å². The second-order valence-electron chi connectivity index (χ2n) is 5.31. The Morgan fingerprint density at radius 1 is 1.30 bits per heavy atom. The summed E-state index contributed by atoms with van der Waals surface area (Å²) in [5.74, 6) is -0.0998. The quantitative estimate of drug-likeness (QED) is 0.805. The van der Waals surface area contributed by atoms with Gasteiger partial charge in [0.1, 0.15) is 11.6 Å². The Bertz CT molecular complexity index is 690. The summed E-state index contributed by atoms with van der Waals surface area (Å²) in [7, 11) is 0. The van der Waals surface area contributed by atoms with E-state index in [9.17, 15) is 9.18 Å². The van der Waals surface area contributed by atoms with Gasteiger partial charge < -0.3 is 10.1 Å². The Hall–Kier alpha value is -2.07. The molecule has 2 aromatic rings. The van der Waals surface area contributed by atoms with E-state index in [-0.39, 0.29) is 17.5 Å². The number of carbonyl (C=O) groups excluding carboxylic acids is 1. The SMILES string of the molecule is CC[C@H](C)c1ccccc1NC(=O)COc1ccc(F)c(Cl)c1. The molecule has 0 fully saturated rings. The third-order valence-electron chi connectivity index (χ3n) is 3.64. The van der Waals surface area contributed by atoms with Crippen molar-refractivity contribution in [1.29, 1.82) is 0 Å². The molecule has 1 amide bonds. The number of hydrogen-bond acceptors (Lipinski definition) is 2. The summed E-state index contributed by atoms with van der Waals surface area (Å²) in [5, 5.41) is 2.81. The van der Waals surface area contributed by atoms with Crippen LogP contribution in [-0.2, 0) is 4.79 Å². The smallest absolute Gasteiger partial charge is 0.262 e. The van der Waals surface area contributed by atoms with Gasteiger partial charge in [0.2, 0.25) is 0 Å². The highest BCUT2D eigenvalue weighted by atomic mass is 35.5. The molecule has 0 saturated heterocycles. The fourth-order valence-electron chi connectivity index (χ4n) is 2.16. The van der Waals surface area contributed by atoms with Crippen LogP contribution in [0.4, 0.5) is 10.1 Å². The molecular formula is C18H19ClFNO2. The Balaban J connectivity index is 1.98. The maximum atomic E-state index is 13.1. The molecule has 2 rings (SSSR count). The van der Waals surface area contributed by atoms with Gasteiger partial charge >= 0.3 is 0 Å². The first-order valence-electron chi connectivity index (χ1n) is 7.48. The van der Waals surface area contributed by atoms with E-state index in [0.717, 1.165) is 17.7 Å². The standard InChI is InChI=1S/C18H19ClFNO2/c1-3-12(2)14-6-4-5-7-17(14)21-18(22)11-23-13-8-9-16(20)15(19)10-13/h4-10,12H,3,11H2,1-2H3,(H,21,22)/t12-/m0/s1. The average molecular weight is 336 g/mol. The largest absolute Gasteiger partial charge is 0.484 e. The van der Waals surface area contributed by atoms with E-state index in [1.54, 1.807) is 0 Å². The van der Waals surface area contributed by atoms with Crippen molar-refractivity contribution in [1.82, 2.24) is 0 Å². The zero-order valence-electron chi connectivity index (χ0n) is 13.1. The normalized spacial score (nSPS) is 11.8.